The van der Waals surface area contributed by atoms with Gasteiger partial charge >= 0.3 is 6.09 Å². The molecule has 9 heteroatoms. The summed E-state index contributed by atoms with van der Waals surface area (Å²) < 4.78 is 11.6. The second-order valence-corrected chi connectivity index (χ2v) is 15.4. The summed E-state index contributed by atoms with van der Waals surface area (Å²) in [6.45, 7) is 4.40. The summed E-state index contributed by atoms with van der Waals surface area (Å²) in [6.07, 6.45) is 24.7. The van der Waals surface area contributed by atoms with E-state index in [-0.39, 0.29) is 12.5 Å². The van der Waals surface area contributed by atoms with Crippen molar-refractivity contribution in [2.24, 2.45) is 0 Å². The lowest BCUT2D eigenvalue weighted by atomic mass is 9.95. The molecule has 0 radical (unpaired) electrons. The molecule has 0 saturated carbocycles. The summed E-state index contributed by atoms with van der Waals surface area (Å²) >= 11 is 0. The van der Waals surface area contributed by atoms with Crippen molar-refractivity contribution in [1.82, 2.24) is 10.2 Å². The molecule has 306 valence electrons. The molecule has 0 aromatic heterocycles. The van der Waals surface area contributed by atoms with Gasteiger partial charge in [-0.2, -0.15) is 0 Å². The van der Waals surface area contributed by atoms with Gasteiger partial charge in [0.1, 0.15) is 31.0 Å². The molecule has 4 N–H and O–H groups in total. The molecule has 1 saturated heterocycles. The smallest absolute Gasteiger partial charge is 0.407 e. The molecule has 1 aliphatic heterocycles. The number of carbonyl (C=O) groups is 2. The van der Waals surface area contributed by atoms with E-state index in [0.29, 0.717) is 13.0 Å². The van der Waals surface area contributed by atoms with Crippen LogP contribution >= 0.6 is 0 Å². The quantitative estimate of drug-likeness (QED) is 0.0541. The summed E-state index contributed by atoms with van der Waals surface area (Å²) in [5.74, 6) is -0.106. The van der Waals surface area contributed by atoms with Crippen molar-refractivity contribution in [3.63, 3.8) is 0 Å². The van der Waals surface area contributed by atoms with Crippen molar-refractivity contribution < 1.29 is 34.4 Å². The van der Waals surface area contributed by atoms with Crippen LogP contribution in [-0.2, 0) is 20.9 Å². The largest absolute Gasteiger partial charge is 0.445 e. The Hall–Kier alpha value is -2.20. The van der Waals surface area contributed by atoms with E-state index in [2.05, 4.69) is 19.2 Å². The lowest BCUT2D eigenvalue weighted by Crippen LogP contribution is -2.68. The number of rotatable bonds is 32. The number of benzene rings is 1. The van der Waals surface area contributed by atoms with Crippen LogP contribution in [0.2, 0.25) is 0 Å². The van der Waals surface area contributed by atoms with E-state index in [0.717, 1.165) is 50.5 Å². The highest BCUT2D eigenvalue weighted by atomic mass is 16.6. The summed E-state index contributed by atoms with van der Waals surface area (Å²) in [5.41, 5.74) is 0.807. The Morgan fingerprint density at radius 1 is 0.660 bits per heavy atom. The zero-order valence-corrected chi connectivity index (χ0v) is 33.7. The minimum absolute atomic E-state index is 0.0311. The molecule has 1 aliphatic rings. The van der Waals surface area contributed by atoms with Crippen molar-refractivity contribution in [2.75, 3.05) is 13.2 Å². The summed E-state index contributed by atoms with van der Waals surface area (Å²) in [4.78, 5) is 28.5. The van der Waals surface area contributed by atoms with Gasteiger partial charge < -0.3 is 35.0 Å². The maximum atomic E-state index is 13.9. The third-order valence-corrected chi connectivity index (χ3v) is 10.8. The first-order valence-corrected chi connectivity index (χ1v) is 21.8. The molecule has 2 rings (SSSR count). The first kappa shape index (κ1) is 47.0. The first-order chi connectivity index (χ1) is 25.9. The van der Waals surface area contributed by atoms with E-state index >= 15 is 0 Å². The van der Waals surface area contributed by atoms with Crippen LogP contribution in [0.15, 0.2) is 30.3 Å². The number of hydrogen-bond acceptors (Lipinski definition) is 7. The fourth-order valence-corrected chi connectivity index (χ4v) is 7.38. The minimum atomic E-state index is -1.47. The van der Waals surface area contributed by atoms with Gasteiger partial charge in [-0.25, -0.2) is 4.79 Å². The number of aliphatic hydroxyl groups is 3. The molecule has 0 bridgehead atoms. The highest BCUT2D eigenvalue weighted by Crippen LogP contribution is 2.26. The van der Waals surface area contributed by atoms with E-state index in [4.69, 9.17) is 9.47 Å². The fourth-order valence-electron chi connectivity index (χ4n) is 7.38. The summed E-state index contributed by atoms with van der Waals surface area (Å²) in [5, 5.41) is 34.7. The van der Waals surface area contributed by atoms with Crippen molar-refractivity contribution >= 4 is 12.0 Å². The maximum absolute atomic E-state index is 13.9. The van der Waals surface area contributed by atoms with Gasteiger partial charge in [-0.3, -0.25) is 4.79 Å². The predicted octanol–water partition coefficient (Wildman–Crippen LogP) is 9.73. The fraction of sp³-hybridized carbons (Fsp3) is 0.818. The minimum Gasteiger partial charge on any atom is -0.445 e. The van der Waals surface area contributed by atoms with Crippen molar-refractivity contribution in [3.05, 3.63) is 35.9 Å². The third-order valence-electron chi connectivity index (χ3n) is 10.8. The van der Waals surface area contributed by atoms with Gasteiger partial charge in [-0.15, -0.1) is 0 Å². The van der Waals surface area contributed by atoms with Gasteiger partial charge in [-0.1, -0.05) is 192 Å². The van der Waals surface area contributed by atoms with Crippen LogP contribution in [0.1, 0.15) is 186 Å². The Morgan fingerprint density at radius 2 is 1.11 bits per heavy atom. The van der Waals surface area contributed by atoms with Gasteiger partial charge in [0.2, 0.25) is 5.91 Å². The number of carbonyl (C=O) groups excluding carboxylic acids is 2. The normalized spacial score (nSPS) is 20.0. The number of ether oxygens (including phenoxy) is 2. The average molecular weight is 747 g/mol. The molecule has 1 heterocycles. The van der Waals surface area contributed by atoms with Crippen LogP contribution in [0.25, 0.3) is 0 Å². The van der Waals surface area contributed by atoms with E-state index in [1.54, 1.807) is 4.90 Å². The van der Waals surface area contributed by atoms with Gasteiger partial charge in [0.05, 0.1) is 6.61 Å². The third kappa shape index (κ3) is 20.9. The van der Waals surface area contributed by atoms with E-state index in [1.165, 1.54) is 116 Å². The Kier molecular flexibility index (Phi) is 27.5. The van der Waals surface area contributed by atoms with Crippen LogP contribution in [0, 0.1) is 0 Å². The van der Waals surface area contributed by atoms with Crippen molar-refractivity contribution in [1.29, 1.82) is 0 Å². The Morgan fingerprint density at radius 3 is 1.58 bits per heavy atom. The zero-order chi connectivity index (χ0) is 38.4. The monoisotopic (exact) mass is 747 g/mol. The number of amides is 2. The molecular formula is C44H78N2O7. The standard InChI is InChI=1S/C44H78N2O7/c1-3-5-7-9-11-13-15-17-18-20-22-24-29-33-39(48)46(34-30-25-23-21-19-16-14-12-10-8-6-4-2)43-40(42(50)41(49)38(35-47)53-43)45-44(51)52-36-37-31-27-26-28-32-37/h26-28,31-32,38,40-43,47,49-50H,3-25,29-30,33-36H2,1-2H3,(H,45,51)/t38-,40-,41-,42-,43-/m1/s1. The van der Waals surface area contributed by atoms with Gasteiger partial charge in [-0.05, 0) is 18.4 Å². The number of unbranched alkanes of at least 4 members (excludes halogenated alkanes) is 23. The topological polar surface area (TPSA) is 129 Å². The molecule has 5 atom stereocenters. The first-order valence-electron chi connectivity index (χ1n) is 21.8. The van der Waals surface area contributed by atoms with E-state index < -0.39 is 43.3 Å². The summed E-state index contributed by atoms with van der Waals surface area (Å²) in [6, 6.07) is 8.14. The van der Waals surface area contributed by atoms with Gasteiger partial charge in [0.15, 0.2) is 6.23 Å². The van der Waals surface area contributed by atoms with Gasteiger partial charge in [0.25, 0.3) is 0 Å². The molecule has 0 aliphatic carbocycles. The van der Waals surface area contributed by atoms with E-state index in [1.807, 2.05) is 30.3 Å². The number of hydrogen-bond donors (Lipinski definition) is 4. The lowest BCUT2D eigenvalue weighted by molar-refractivity contribution is -0.230. The summed E-state index contributed by atoms with van der Waals surface area (Å²) in [7, 11) is 0. The average Bonchev–Trinajstić information content (AvgIpc) is 3.17. The number of nitrogens with one attached hydrogen (secondary N) is 1. The highest BCUT2D eigenvalue weighted by Gasteiger charge is 2.48. The maximum Gasteiger partial charge on any atom is 0.407 e. The molecule has 0 spiro atoms. The zero-order valence-electron chi connectivity index (χ0n) is 33.7. The van der Waals surface area contributed by atoms with Crippen LogP contribution < -0.4 is 5.32 Å². The lowest BCUT2D eigenvalue weighted by Gasteiger charge is -2.46. The highest BCUT2D eigenvalue weighted by molar-refractivity contribution is 5.76. The molecule has 1 fully saturated rings. The Balaban J connectivity index is 1.93. The van der Waals surface area contributed by atoms with Crippen molar-refractivity contribution in [2.45, 2.75) is 218 Å². The Labute approximate surface area is 323 Å². The SMILES string of the molecule is CCCCCCCCCCCCCCCC(=O)N(CCCCCCCCCCCCCC)[C@@H]1O[C@H](CO)[C@@H](O)[C@H](O)[C@H]1NC(=O)OCc1ccccc1. The second-order valence-electron chi connectivity index (χ2n) is 15.4. The molecule has 53 heavy (non-hydrogen) atoms. The predicted molar refractivity (Wildman–Crippen MR) is 214 cm³/mol. The molecule has 1 aromatic rings. The van der Waals surface area contributed by atoms with Crippen LogP contribution in [0.5, 0.6) is 0 Å². The Bertz CT molecular complexity index is 1030. The molecule has 0 unspecified atom stereocenters. The van der Waals surface area contributed by atoms with Crippen LogP contribution in [0.4, 0.5) is 4.79 Å². The number of alkyl carbamates (subject to hydrolysis) is 1. The van der Waals surface area contributed by atoms with Crippen LogP contribution in [0.3, 0.4) is 0 Å². The molecule has 1 aromatic carbocycles. The number of nitrogens with zero attached hydrogens (tertiary/aromatic N) is 1. The van der Waals surface area contributed by atoms with Crippen LogP contribution in [-0.4, -0.2) is 76.0 Å². The van der Waals surface area contributed by atoms with Gasteiger partial charge in [0, 0.05) is 13.0 Å². The molecule has 9 nitrogen and oxygen atoms in total. The number of aliphatic hydroxyl groups excluding tert-OH is 3. The molecular weight excluding hydrogens is 668 g/mol. The second kappa shape index (κ2) is 31.1. The van der Waals surface area contributed by atoms with Crippen molar-refractivity contribution in [3.8, 4) is 0 Å². The molecule has 2 amide bonds. The van der Waals surface area contributed by atoms with E-state index in [9.17, 15) is 24.9 Å².